The number of aryl methyl sites for hydroxylation is 1. The second-order valence-corrected chi connectivity index (χ2v) is 8.25. The van der Waals surface area contributed by atoms with E-state index in [2.05, 4.69) is 10.0 Å². The van der Waals surface area contributed by atoms with E-state index in [0.717, 1.165) is 5.56 Å². The van der Waals surface area contributed by atoms with Crippen LogP contribution in [0.25, 0.3) is 0 Å². The molecule has 30 heavy (non-hydrogen) atoms. The first-order chi connectivity index (χ1) is 14.3. The molecule has 0 heterocycles. The minimum atomic E-state index is -3.94. The number of anilines is 2. The molecule has 0 aliphatic rings. The van der Waals surface area contributed by atoms with Crippen LogP contribution in [0.2, 0.25) is 0 Å². The number of nitrogens with one attached hydrogen (secondary N) is 2. The summed E-state index contributed by atoms with van der Waals surface area (Å²) in [6, 6.07) is 18.4. The number of sulfonamides is 1. The third kappa shape index (κ3) is 5.09. The first-order valence-electron chi connectivity index (χ1n) is 9.10. The highest BCUT2D eigenvalue weighted by Gasteiger charge is 2.19. The van der Waals surface area contributed by atoms with Crippen LogP contribution in [-0.2, 0) is 14.8 Å². The molecule has 0 saturated heterocycles. The van der Waals surface area contributed by atoms with Crippen molar-refractivity contribution in [3.8, 4) is 17.2 Å². The topological polar surface area (TPSA) is 93.7 Å². The van der Waals surface area contributed by atoms with Crippen LogP contribution in [0.1, 0.15) is 12.5 Å². The Morgan fingerprint density at radius 1 is 0.900 bits per heavy atom. The van der Waals surface area contributed by atoms with E-state index in [1.54, 1.807) is 30.3 Å². The maximum atomic E-state index is 13.0. The summed E-state index contributed by atoms with van der Waals surface area (Å²) in [5.74, 6) is 0.915. The van der Waals surface area contributed by atoms with Crippen molar-refractivity contribution in [1.82, 2.24) is 0 Å². The van der Waals surface area contributed by atoms with Gasteiger partial charge in [-0.1, -0.05) is 24.3 Å². The second-order valence-electron chi connectivity index (χ2n) is 6.56. The highest BCUT2D eigenvalue weighted by molar-refractivity contribution is 7.92. The van der Waals surface area contributed by atoms with Gasteiger partial charge in [-0.25, -0.2) is 8.42 Å². The number of carbonyl (C=O) groups excluding carboxylic acids is 1. The number of hydrogen-bond donors (Lipinski definition) is 2. The molecule has 0 unspecified atom stereocenters. The molecule has 8 heteroatoms. The molecule has 0 aromatic heterocycles. The summed E-state index contributed by atoms with van der Waals surface area (Å²) in [6.45, 7) is 3.30. The van der Waals surface area contributed by atoms with E-state index in [9.17, 15) is 13.2 Å². The second kappa shape index (κ2) is 8.87. The monoisotopic (exact) mass is 426 g/mol. The molecule has 3 rings (SSSR count). The molecule has 7 nitrogen and oxygen atoms in total. The molecule has 0 bridgehead atoms. The summed E-state index contributed by atoms with van der Waals surface area (Å²) in [7, 11) is -2.54. The number of para-hydroxylation sites is 2. The minimum Gasteiger partial charge on any atom is -0.495 e. The highest BCUT2D eigenvalue weighted by Crippen LogP contribution is 2.33. The molecule has 0 spiro atoms. The zero-order valence-electron chi connectivity index (χ0n) is 16.8. The first-order valence-corrected chi connectivity index (χ1v) is 10.6. The van der Waals surface area contributed by atoms with E-state index >= 15 is 0 Å². The fraction of sp³-hybridized carbons (Fsp3) is 0.136. The summed E-state index contributed by atoms with van der Waals surface area (Å²) in [5.41, 5.74) is 1.70. The summed E-state index contributed by atoms with van der Waals surface area (Å²) < 4.78 is 39.6. The lowest BCUT2D eigenvalue weighted by Crippen LogP contribution is -2.14. The predicted molar refractivity (Wildman–Crippen MR) is 116 cm³/mol. The number of methoxy groups -OCH3 is 1. The lowest BCUT2D eigenvalue weighted by molar-refractivity contribution is -0.114. The smallest absolute Gasteiger partial charge is 0.262 e. The van der Waals surface area contributed by atoms with Crippen molar-refractivity contribution in [3.63, 3.8) is 0 Å². The molecule has 156 valence electrons. The molecule has 0 aliphatic heterocycles. The lowest BCUT2D eigenvalue weighted by Gasteiger charge is -2.15. The van der Waals surface area contributed by atoms with Gasteiger partial charge in [-0.2, -0.15) is 0 Å². The van der Waals surface area contributed by atoms with Crippen molar-refractivity contribution in [1.29, 1.82) is 0 Å². The average molecular weight is 426 g/mol. The van der Waals surface area contributed by atoms with Crippen LogP contribution < -0.4 is 19.5 Å². The molecule has 3 aromatic rings. The Bertz CT molecular complexity index is 1180. The SMILES string of the molecule is COc1cc(S(=O)(=O)Nc2ccccc2Oc2cccc(C)c2)ccc1NC(C)=O. The van der Waals surface area contributed by atoms with Crippen LogP contribution in [0.4, 0.5) is 11.4 Å². The standard InChI is InChI=1S/C22H22N2O5S/c1-15-7-6-8-17(13-15)29-21-10-5-4-9-20(21)24-30(26,27)18-11-12-19(23-16(2)25)22(14-18)28-3/h4-14,24H,1-3H3,(H,23,25). The molecule has 0 aliphatic carbocycles. The Hall–Kier alpha value is -3.52. The van der Waals surface area contributed by atoms with E-state index < -0.39 is 10.0 Å². The molecular weight excluding hydrogens is 404 g/mol. The van der Waals surface area contributed by atoms with Crippen LogP contribution in [0, 0.1) is 6.92 Å². The summed E-state index contributed by atoms with van der Waals surface area (Å²) in [4.78, 5) is 11.3. The van der Waals surface area contributed by atoms with Gasteiger partial charge in [-0.15, -0.1) is 0 Å². The maximum Gasteiger partial charge on any atom is 0.262 e. The van der Waals surface area contributed by atoms with Gasteiger partial charge in [0.05, 0.1) is 23.4 Å². The van der Waals surface area contributed by atoms with Crippen LogP contribution in [0.3, 0.4) is 0 Å². The van der Waals surface area contributed by atoms with Gasteiger partial charge in [-0.05, 0) is 48.9 Å². The van der Waals surface area contributed by atoms with Gasteiger partial charge < -0.3 is 14.8 Å². The minimum absolute atomic E-state index is 0.0150. The van der Waals surface area contributed by atoms with Crippen molar-refractivity contribution >= 4 is 27.3 Å². The third-order valence-corrected chi connectivity index (χ3v) is 5.51. The Morgan fingerprint density at radius 3 is 2.37 bits per heavy atom. The fourth-order valence-electron chi connectivity index (χ4n) is 2.78. The van der Waals surface area contributed by atoms with E-state index in [1.165, 1.54) is 32.2 Å². The number of rotatable bonds is 7. The van der Waals surface area contributed by atoms with Crippen molar-refractivity contribution in [2.45, 2.75) is 18.7 Å². The van der Waals surface area contributed by atoms with Crippen molar-refractivity contribution in [3.05, 3.63) is 72.3 Å². The Morgan fingerprint density at radius 2 is 1.67 bits per heavy atom. The molecule has 2 N–H and O–H groups in total. The molecule has 1 amide bonds. The van der Waals surface area contributed by atoms with E-state index in [0.29, 0.717) is 22.9 Å². The number of carbonyl (C=O) groups is 1. The van der Waals surface area contributed by atoms with Gasteiger partial charge in [0.15, 0.2) is 5.75 Å². The van der Waals surface area contributed by atoms with Crippen LogP contribution >= 0.6 is 0 Å². The lowest BCUT2D eigenvalue weighted by atomic mass is 10.2. The molecule has 0 fully saturated rings. The van der Waals surface area contributed by atoms with Gasteiger partial charge in [0, 0.05) is 13.0 Å². The van der Waals surface area contributed by atoms with Gasteiger partial charge >= 0.3 is 0 Å². The number of hydrogen-bond acceptors (Lipinski definition) is 5. The van der Waals surface area contributed by atoms with Gasteiger partial charge in [0.1, 0.15) is 11.5 Å². The quantitative estimate of drug-likeness (QED) is 0.578. The normalized spacial score (nSPS) is 10.9. The molecule has 0 saturated carbocycles. The van der Waals surface area contributed by atoms with Gasteiger partial charge in [0.2, 0.25) is 5.91 Å². The number of amides is 1. The van der Waals surface area contributed by atoms with E-state index in [1.807, 2.05) is 25.1 Å². The number of benzene rings is 3. The number of ether oxygens (including phenoxy) is 2. The maximum absolute atomic E-state index is 13.0. The molecular formula is C22H22N2O5S. The zero-order chi connectivity index (χ0) is 21.7. The fourth-order valence-corrected chi connectivity index (χ4v) is 3.87. The third-order valence-electron chi connectivity index (χ3n) is 4.14. The summed E-state index contributed by atoms with van der Waals surface area (Å²) >= 11 is 0. The van der Waals surface area contributed by atoms with Crippen LogP contribution in [-0.4, -0.2) is 21.4 Å². The van der Waals surface area contributed by atoms with Gasteiger partial charge in [-0.3, -0.25) is 9.52 Å². The Balaban J connectivity index is 1.90. The van der Waals surface area contributed by atoms with Crippen LogP contribution in [0.5, 0.6) is 17.2 Å². The predicted octanol–water partition coefficient (Wildman–Crippen LogP) is 4.56. The van der Waals surface area contributed by atoms with Gasteiger partial charge in [0.25, 0.3) is 10.0 Å². The first kappa shape index (κ1) is 21.2. The molecule has 0 atom stereocenters. The van der Waals surface area contributed by atoms with E-state index in [4.69, 9.17) is 9.47 Å². The Labute approximate surface area is 175 Å². The average Bonchev–Trinajstić information content (AvgIpc) is 2.69. The van der Waals surface area contributed by atoms with Crippen LogP contribution in [0.15, 0.2) is 71.6 Å². The summed E-state index contributed by atoms with van der Waals surface area (Å²) in [6.07, 6.45) is 0. The Kier molecular flexibility index (Phi) is 6.27. The van der Waals surface area contributed by atoms with E-state index in [-0.39, 0.29) is 16.6 Å². The molecule has 3 aromatic carbocycles. The zero-order valence-corrected chi connectivity index (χ0v) is 17.6. The summed E-state index contributed by atoms with van der Waals surface area (Å²) in [5, 5.41) is 2.59. The van der Waals surface area contributed by atoms with Crippen molar-refractivity contribution in [2.24, 2.45) is 0 Å². The van der Waals surface area contributed by atoms with Crippen molar-refractivity contribution in [2.75, 3.05) is 17.1 Å². The van der Waals surface area contributed by atoms with Crippen molar-refractivity contribution < 1.29 is 22.7 Å². The highest BCUT2D eigenvalue weighted by atomic mass is 32.2. The largest absolute Gasteiger partial charge is 0.495 e. The molecule has 0 radical (unpaired) electrons.